The molecule has 0 aromatic rings. The van der Waals surface area contributed by atoms with Crippen LogP contribution in [0.15, 0.2) is 0 Å². The summed E-state index contributed by atoms with van der Waals surface area (Å²) >= 11 is 0. The Kier molecular flexibility index (Phi) is 13.9. The number of unbranched alkanes of at least 4 members (excludes halogenated alkanes) is 4. The minimum absolute atomic E-state index is 1.16. The van der Waals surface area contributed by atoms with Gasteiger partial charge in [0.15, 0.2) is 0 Å². The summed E-state index contributed by atoms with van der Waals surface area (Å²) < 4.78 is 0. The van der Waals surface area contributed by atoms with Crippen LogP contribution in [0.1, 0.15) is 65.7 Å². The second-order valence-corrected chi connectivity index (χ2v) is 5.01. The second-order valence-electron chi connectivity index (χ2n) is 5.01. The highest BCUT2D eigenvalue weighted by Gasteiger charge is 2.00. The smallest absolute Gasteiger partial charge is 0.0107 e. The SMILES string of the molecule is CCCCCCCNCCN(CCC)CCC. The van der Waals surface area contributed by atoms with Crippen LogP contribution in [0.25, 0.3) is 0 Å². The zero-order valence-corrected chi connectivity index (χ0v) is 12.4. The minimum atomic E-state index is 1.16. The number of nitrogens with one attached hydrogen (secondary N) is 1. The molecule has 0 aromatic heterocycles. The molecular weight excluding hydrogens is 208 g/mol. The van der Waals surface area contributed by atoms with E-state index in [9.17, 15) is 0 Å². The van der Waals surface area contributed by atoms with Crippen LogP contribution >= 0.6 is 0 Å². The van der Waals surface area contributed by atoms with Gasteiger partial charge in [-0.25, -0.2) is 0 Å². The Labute approximate surface area is 109 Å². The molecule has 0 atom stereocenters. The van der Waals surface area contributed by atoms with Gasteiger partial charge in [-0.05, 0) is 38.9 Å². The van der Waals surface area contributed by atoms with Crippen molar-refractivity contribution in [3.05, 3.63) is 0 Å². The van der Waals surface area contributed by atoms with Gasteiger partial charge in [0.25, 0.3) is 0 Å². The first-order valence-electron chi connectivity index (χ1n) is 7.78. The van der Waals surface area contributed by atoms with E-state index in [1.54, 1.807) is 0 Å². The summed E-state index contributed by atoms with van der Waals surface area (Å²) in [4.78, 5) is 2.57. The van der Waals surface area contributed by atoms with Gasteiger partial charge in [0.1, 0.15) is 0 Å². The fraction of sp³-hybridized carbons (Fsp3) is 1.00. The third-order valence-corrected chi connectivity index (χ3v) is 3.14. The molecule has 0 spiro atoms. The van der Waals surface area contributed by atoms with E-state index in [1.165, 1.54) is 71.1 Å². The van der Waals surface area contributed by atoms with Crippen molar-refractivity contribution in [3.8, 4) is 0 Å². The summed E-state index contributed by atoms with van der Waals surface area (Å²) in [5, 5.41) is 3.57. The maximum Gasteiger partial charge on any atom is 0.0107 e. The molecule has 0 saturated heterocycles. The van der Waals surface area contributed by atoms with Crippen LogP contribution < -0.4 is 5.32 Å². The molecule has 0 heterocycles. The van der Waals surface area contributed by atoms with Gasteiger partial charge in [-0.15, -0.1) is 0 Å². The average molecular weight is 242 g/mol. The minimum Gasteiger partial charge on any atom is -0.315 e. The Morgan fingerprint density at radius 3 is 1.88 bits per heavy atom. The van der Waals surface area contributed by atoms with E-state index in [0.29, 0.717) is 0 Å². The van der Waals surface area contributed by atoms with Gasteiger partial charge in [0.2, 0.25) is 0 Å². The van der Waals surface area contributed by atoms with Gasteiger partial charge >= 0.3 is 0 Å². The predicted octanol–water partition coefficient (Wildman–Crippen LogP) is 3.67. The molecule has 0 unspecified atom stereocenters. The zero-order valence-electron chi connectivity index (χ0n) is 12.4. The molecule has 0 aliphatic carbocycles. The molecule has 2 nitrogen and oxygen atoms in total. The molecule has 0 saturated carbocycles. The Morgan fingerprint density at radius 2 is 1.29 bits per heavy atom. The Bertz CT molecular complexity index is 131. The van der Waals surface area contributed by atoms with Crippen molar-refractivity contribution in [1.82, 2.24) is 10.2 Å². The second kappa shape index (κ2) is 14.0. The van der Waals surface area contributed by atoms with Gasteiger partial charge in [-0.2, -0.15) is 0 Å². The van der Waals surface area contributed by atoms with E-state index >= 15 is 0 Å². The number of hydrogen-bond acceptors (Lipinski definition) is 2. The normalized spacial score (nSPS) is 11.3. The van der Waals surface area contributed by atoms with Gasteiger partial charge in [-0.1, -0.05) is 46.5 Å². The van der Waals surface area contributed by atoms with Crippen molar-refractivity contribution in [2.24, 2.45) is 0 Å². The van der Waals surface area contributed by atoms with Crippen LogP contribution in [0.4, 0.5) is 0 Å². The van der Waals surface area contributed by atoms with E-state index in [0.717, 1.165) is 6.54 Å². The monoisotopic (exact) mass is 242 g/mol. The third-order valence-electron chi connectivity index (χ3n) is 3.14. The molecule has 0 radical (unpaired) electrons. The van der Waals surface area contributed by atoms with Crippen molar-refractivity contribution >= 4 is 0 Å². The van der Waals surface area contributed by atoms with Gasteiger partial charge in [0.05, 0.1) is 0 Å². The number of hydrogen-bond donors (Lipinski definition) is 1. The molecule has 0 amide bonds. The van der Waals surface area contributed by atoms with Gasteiger partial charge in [-0.3, -0.25) is 0 Å². The summed E-state index contributed by atoms with van der Waals surface area (Å²) in [5.41, 5.74) is 0. The molecular formula is C15H34N2. The molecule has 104 valence electrons. The van der Waals surface area contributed by atoms with Gasteiger partial charge < -0.3 is 10.2 Å². The Morgan fingerprint density at radius 1 is 0.647 bits per heavy atom. The molecule has 1 N–H and O–H groups in total. The molecule has 0 aliphatic heterocycles. The van der Waals surface area contributed by atoms with E-state index in [4.69, 9.17) is 0 Å². The van der Waals surface area contributed by atoms with Crippen LogP contribution in [0.2, 0.25) is 0 Å². The maximum absolute atomic E-state index is 3.57. The largest absolute Gasteiger partial charge is 0.315 e. The maximum atomic E-state index is 3.57. The summed E-state index contributed by atoms with van der Waals surface area (Å²) in [5.74, 6) is 0. The van der Waals surface area contributed by atoms with Crippen LogP contribution in [-0.2, 0) is 0 Å². The molecule has 0 aliphatic rings. The average Bonchev–Trinajstić information content (AvgIpc) is 2.33. The van der Waals surface area contributed by atoms with Gasteiger partial charge in [0, 0.05) is 13.1 Å². The fourth-order valence-corrected chi connectivity index (χ4v) is 2.18. The van der Waals surface area contributed by atoms with E-state index in [2.05, 4.69) is 31.0 Å². The molecule has 0 aromatic carbocycles. The zero-order chi connectivity index (χ0) is 12.8. The first-order valence-corrected chi connectivity index (χ1v) is 7.78. The van der Waals surface area contributed by atoms with Crippen molar-refractivity contribution in [2.75, 3.05) is 32.7 Å². The first-order chi connectivity index (χ1) is 8.35. The molecule has 0 fully saturated rings. The third kappa shape index (κ3) is 12.2. The van der Waals surface area contributed by atoms with Crippen molar-refractivity contribution in [1.29, 1.82) is 0 Å². The first kappa shape index (κ1) is 16.9. The highest BCUT2D eigenvalue weighted by atomic mass is 15.1. The summed E-state index contributed by atoms with van der Waals surface area (Å²) in [7, 11) is 0. The summed E-state index contributed by atoms with van der Waals surface area (Å²) in [6, 6.07) is 0. The Hall–Kier alpha value is -0.0800. The quantitative estimate of drug-likeness (QED) is 0.496. The lowest BCUT2D eigenvalue weighted by Gasteiger charge is -2.20. The summed E-state index contributed by atoms with van der Waals surface area (Å²) in [6.45, 7) is 12.9. The number of nitrogens with zero attached hydrogens (tertiary/aromatic N) is 1. The highest BCUT2D eigenvalue weighted by molar-refractivity contribution is 4.58. The highest BCUT2D eigenvalue weighted by Crippen LogP contribution is 2.01. The predicted molar refractivity (Wildman–Crippen MR) is 78.7 cm³/mol. The fourth-order valence-electron chi connectivity index (χ4n) is 2.18. The lowest BCUT2D eigenvalue weighted by atomic mass is 10.1. The lowest BCUT2D eigenvalue weighted by Crippen LogP contribution is -2.33. The van der Waals surface area contributed by atoms with E-state index in [1.807, 2.05) is 0 Å². The molecule has 17 heavy (non-hydrogen) atoms. The lowest BCUT2D eigenvalue weighted by molar-refractivity contribution is 0.274. The molecule has 2 heteroatoms. The van der Waals surface area contributed by atoms with Crippen molar-refractivity contribution in [2.45, 2.75) is 65.7 Å². The summed E-state index contributed by atoms with van der Waals surface area (Å²) in [6.07, 6.45) is 9.46. The van der Waals surface area contributed by atoms with Crippen molar-refractivity contribution < 1.29 is 0 Å². The molecule has 0 bridgehead atoms. The Balaban J connectivity index is 3.23. The van der Waals surface area contributed by atoms with Crippen LogP contribution in [0, 0.1) is 0 Å². The van der Waals surface area contributed by atoms with E-state index in [-0.39, 0.29) is 0 Å². The number of rotatable bonds is 13. The van der Waals surface area contributed by atoms with Crippen LogP contribution in [0.3, 0.4) is 0 Å². The topological polar surface area (TPSA) is 15.3 Å². The van der Waals surface area contributed by atoms with Crippen molar-refractivity contribution in [3.63, 3.8) is 0 Å². The van der Waals surface area contributed by atoms with Crippen LogP contribution in [-0.4, -0.2) is 37.6 Å². The van der Waals surface area contributed by atoms with E-state index < -0.39 is 0 Å². The standard InChI is InChI=1S/C15H34N2/c1-4-7-8-9-10-11-16-12-15-17(13-5-2)14-6-3/h16H,4-15H2,1-3H3. The van der Waals surface area contributed by atoms with Crippen LogP contribution in [0.5, 0.6) is 0 Å². The molecule has 0 rings (SSSR count).